The molecule has 0 saturated heterocycles. The SMILES string of the molecule is N#CCNC(=O)C(Cc1csc2ccccc12)NC(=O)c1ccccc1. The standard InChI is InChI=1S/C20H17N3O2S/c21-10-11-22-20(25)17(23-19(24)14-6-2-1-3-7-14)12-15-13-26-18-9-5-4-8-16(15)18/h1-9,13,17H,11-12H2,(H,22,25)(H,23,24). The Hall–Kier alpha value is -3.17. The number of fused-ring (bicyclic) bond motifs is 1. The molecule has 0 spiro atoms. The number of nitriles is 1. The van der Waals surface area contributed by atoms with Crippen molar-refractivity contribution < 1.29 is 9.59 Å². The lowest BCUT2D eigenvalue weighted by molar-refractivity contribution is -0.122. The van der Waals surface area contributed by atoms with E-state index in [2.05, 4.69) is 10.6 Å². The van der Waals surface area contributed by atoms with Crippen LogP contribution in [0.3, 0.4) is 0 Å². The molecule has 26 heavy (non-hydrogen) atoms. The number of benzene rings is 2. The Labute approximate surface area is 155 Å². The minimum Gasteiger partial charge on any atom is -0.341 e. The van der Waals surface area contributed by atoms with E-state index in [9.17, 15) is 9.59 Å². The van der Waals surface area contributed by atoms with Gasteiger partial charge in [0.15, 0.2) is 0 Å². The van der Waals surface area contributed by atoms with Crippen molar-refractivity contribution >= 4 is 33.2 Å². The molecule has 3 rings (SSSR count). The Balaban J connectivity index is 1.82. The van der Waals surface area contributed by atoms with Crippen LogP contribution in [0, 0.1) is 11.3 Å². The largest absolute Gasteiger partial charge is 0.341 e. The fraction of sp³-hybridized carbons (Fsp3) is 0.150. The third kappa shape index (κ3) is 4.08. The van der Waals surface area contributed by atoms with Gasteiger partial charge < -0.3 is 10.6 Å². The summed E-state index contributed by atoms with van der Waals surface area (Å²) >= 11 is 1.60. The fourth-order valence-corrected chi connectivity index (χ4v) is 3.68. The molecule has 0 aliphatic carbocycles. The summed E-state index contributed by atoms with van der Waals surface area (Å²) in [6.07, 6.45) is 0.361. The number of nitrogens with one attached hydrogen (secondary N) is 2. The molecule has 3 aromatic rings. The number of thiophene rings is 1. The number of carbonyl (C=O) groups excluding carboxylic acids is 2. The first kappa shape index (κ1) is 17.6. The average molecular weight is 363 g/mol. The Morgan fingerprint density at radius 2 is 1.81 bits per heavy atom. The Kier molecular flexibility index (Phi) is 5.62. The molecule has 0 fully saturated rings. The van der Waals surface area contributed by atoms with Crippen LogP contribution < -0.4 is 10.6 Å². The highest BCUT2D eigenvalue weighted by Gasteiger charge is 2.23. The molecule has 1 heterocycles. The molecule has 0 saturated carbocycles. The van der Waals surface area contributed by atoms with Crippen molar-refractivity contribution in [3.63, 3.8) is 0 Å². The predicted octanol–water partition coefficient (Wildman–Crippen LogP) is 2.88. The normalized spacial score (nSPS) is 11.5. The van der Waals surface area contributed by atoms with E-state index in [1.54, 1.807) is 35.6 Å². The first-order valence-electron chi connectivity index (χ1n) is 8.14. The van der Waals surface area contributed by atoms with Gasteiger partial charge in [-0.05, 0) is 34.5 Å². The van der Waals surface area contributed by atoms with Crippen LogP contribution in [0.25, 0.3) is 10.1 Å². The number of hydrogen-bond acceptors (Lipinski definition) is 4. The summed E-state index contributed by atoms with van der Waals surface area (Å²) in [4.78, 5) is 24.9. The Morgan fingerprint density at radius 1 is 1.08 bits per heavy atom. The minimum atomic E-state index is -0.755. The van der Waals surface area contributed by atoms with Crippen LogP contribution in [0.4, 0.5) is 0 Å². The second kappa shape index (κ2) is 8.28. The van der Waals surface area contributed by atoms with Crippen molar-refractivity contribution in [2.24, 2.45) is 0 Å². The average Bonchev–Trinajstić information content (AvgIpc) is 3.09. The topological polar surface area (TPSA) is 82.0 Å². The van der Waals surface area contributed by atoms with Crippen molar-refractivity contribution in [2.45, 2.75) is 12.5 Å². The zero-order chi connectivity index (χ0) is 18.4. The summed E-state index contributed by atoms with van der Waals surface area (Å²) in [5.74, 6) is -0.687. The molecule has 1 atom stereocenters. The van der Waals surface area contributed by atoms with E-state index in [1.807, 2.05) is 41.8 Å². The lowest BCUT2D eigenvalue weighted by atomic mass is 10.0. The zero-order valence-corrected chi connectivity index (χ0v) is 14.8. The number of carbonyl (C=O) groups is 2. The first-order chi connectivity index (χ1) is 12.7. The molecular formula is C20H17N3O2S. The van der Waals surface area contributed by atoms with Gasteiger partial charge in [-0.25, -0.2) is 0 Å². The highest BCUT2D eigenvalue weighted by atomic mass is 32.1. The van der Waals surface area contributed by atoms with E-state index in [1.165, 1.54) is 0 Å². The minimum absolute atomic E-state index is 0.0963. The highest BCUT2D eigenvalue weighted by molar-refractivity contribution is 7.17. The molecule has 5 nitrogen and oxygen atoms in total. The number of nitrogens with zero attached hydrogens (tertiary/aromatic N) is 1. The molecule has 0 bridgehead atoms. The van der Waals surface area contributed by atoms with E-state index in [0.29, 0.717) is 12.0 Å². The van der Waals surface area contributed by atoms with Crippen LogP contribution in [-0.4, -0.2) is 24.4 Å². The maximum absolute atomic E-state index is 12.5. The maximum atomic E-state index is 12.5. The van der Waals surface area contributed by atoms with E-state index in [0.717, 1.165) is 15.6 Å². The summed E-state index contributed by atoms with van der Waals surface area (Å²) in [6, 6.07) is 17.8. The first-order valence-corrected chi connectivity index (χ1v) is 9.02. The zero-order valence-electron chi connectivity index (χ0n) is 13.9. The van der Waals surface area contributed by atoms with Crippen molar-refractivity contribution in [1.82, 2.24) is 10.6 Å². The summed E-state index contributed by atoms with van der Waals surface area (Å²) in [7, 11) is 0. The third-order valence-corrected chi connectivity index (χ3v) is 5.00. The molecule has 2 aromatic carbocycles. The maximum Gasteiger partial charge on any atom is 0.251 e. The van der Waals surface area contributed by atoms with E-state index in [-0.39, 0.29) is 18.4 Å². The molecule has 2 amide bonds. The van der Waals surface area contributed by atoms with E-state index < -0.39 is 6.04 Å². The van der Waals surface area contributed by atoms with Crippen LogP contribution in [0.5, 0.6) is 0 Å². The second-order valence-corrected chi connectivity index (χ2v) is 6.64. The Bertz CT molecular complexity index is 960. The third-order valence-electron chi connectivity index (χ3n) is 3.98. The molecule has 0 radical (unpaired) electrons. The lowest BCUT2D eigenvalue weighted by Crippen LogP contribution is -2.48. The van der Waals surface area contributed by atoms with Crippen LogP contribution in [0.2, 0.25) is 0 Å². The van der Waals surface area contributed by atoms with Crippen LogP contribution in [0.1, 0.15) is 15.9 Å². The van der Waals surface area contributed by atoms with E-state index >= 15 is 0 Å². The lowest BCUT2D eigenvalue weighted by Gasteiger charge is -2.17. The van der Waals surface area contributed by atoms with Crippen molar-refractivity contribution in [3.8, 4) is 6.07 Å². The van der Waals surface area contributed by atoms with E-state index in [4.69, 9.17) is 5.26 Å². The van der Waals surface area contributed by atoms with Gasteiger partial charge in [-0.15, -0.1) is 11.3 Å². The summed E-state index contributed by atoms with van der Waals surface area (Å²) < 4.78 is 1.13. The molecule has 6 heteroatoms. The molecule has 1 unspecified atom stereocenters. The van der Waals surface area contributed by atoms with Crippen LogP contribution in [-0.2, 0) is 11.2 Å². The molecule has 0 aliphatic rings. The van der Waals surface area contributed by atoms with Crippen molar-refractivity contribution in [1.29, 1.82) is 5.26 Å². The van der Waals surface area contributed by atoms with Gasteiger partial charge in [0.2, 0.25) is 5.91 Å². The quantitative estimate of drug-likeness (QED) is 0.661. The van der Waals surface area contributed by atoms with Crippen LogP contribution in [0.15, 0.2) is 60.0 Å². The van der Waals surface area contributed by atoms with Gasteiger partial charge in [-0.2, -0.15) is 5.26 Å². The monoisotopic (exact) mass is 363 g/mol. The van der Waals surface area contributed by atoms with Gasteiger partial charge in [-0.1, -0.05) is 36.4 Å². The van der Waals surface area contributed by atoms with Gasteiger partial charge in [0.1, 0.15) is 12.6 Å². The van der Waals surface area contributed by atoms with Gasteiger partial charge >= 0.3 is 0 Å². The summed E-state index contributed by atoms with van der Waals surface area (Å²) in [5, 5.41) is 17.1. The molecular weight excluding hydrogens is 346 g/mol. The second-order valence-electron chi connectivity index (χ2n) is 5.73. The fourth-order valence-electron chi connectivity index (χ4n) is 2.70. The van der Waals surface area contributed by atoms with Crippen LogP contribution >= 0.6 is 11.3 Å². The number of rotatable bonds is 6. The smallest absolute Gasteiger partial charge is 0.251 e. The predicted molar refractivity (Wildman–Crippen MR) is 102 cm³/mol. The molecule has 130 valence electrons. The number of amides is 2. The van der Waals surface area contributed by atoms with Crippen molar-refractivity contribution in [3.05, 3.63) is 71.1 Å². The number of hydrogen-bond donors (Lipinski definition) is 2. The summed E-state index contributed by atoms with van der Waals surface area (Å²) in [5.41, 5.74) is 1.48. The Morgan fingerprint density at radius 3 is 2.58 bits per heavy atom. The van der Waals surface area contributed by atoms with Crippen molar-refractivity contribution in [2.75, 3.05) is 6.54 Å². The molecule has 1 aromatic heterocycles. The summed E-state index contributed by atoms with van der Waals surface area (Å²) in [6.45, 7) is -0.0963. The van der Waals surface area contributed by atoms with Gasteiger partial charge in [0.25, 0.3) is 5.91 Å². The molecule has 2 N–H and O–H groups in total. The highest BCUT2D eigenvalue weighted by Crippen LogP contribution is 2.26. The van der Waals surface area contributed by atoms with Gasteiger partial charge in [0.05, 0.1) is 6.07 Å². The van der Waals surface area contributed by atoms with Gasteiger partial charge in [-0.3, -0.25) is 9.59 Å². The van der Waals surface area contributed by atoms with Gasteiger partial charge in [0, 0.05) is 16.7 Å². The molecule has 0 aliphatic heterocycles.